The van der Waals surface area contributed by atoms with Crippen molar-refractivity contribution in [1.29, 1.82) is 0 Å². The zero-order valence-electron chi connectivity index (χ0n) is 13.6. The maximum Gasteiger partial charge on any atom is 0.254 e. The van der Waals surface area contributed by atoms with Crippen molar-refractivity contribution in [2.24, 2.45) is 0 Å². The van der Waals surface area contributed by atoms with E-state index >= 15 is 0 Å². The van der Waals surface area contributed by atoms with Gasteiger partial charge in [-0.05, 0) is 44.2 Å². The highest BCUT2D eigenvalue weighted by Crippen LogP contribution is 2.28. The molecule has 0 saturated carbocycles. The number of furan rings is 1. The van der Waals surface area contributed by atoms with Crippen molar-refractivity contribution >= 4 is 17.7 Å². The van der Waals surface area contributed by atoms with Crippen molar-refractivity contribution in [2.75, 3.05) is 0 Å². The number of hydrogen-bond acceptors (Lipinski definition) is 4. The molecule has 1 amide bonds. The summed E-state index contributed by atoms with van der Waals surface area (Å²) in [5, 5.41) is 3.64. The smallest absolute Gasteiger partial charge is 0.254 e. The number of rotatable bonds is 5. The van der Waals surface area contributed by atoms with Crippen LogP contribution in [0.15, 0.2) is 69.1 Å². The lowest BCUT2D eigenvalue weighted by molar-refractivity contribution is 0.0947. The highest BCUT2D eigenvalue weighted by atomic mass is 32.2. The number of benzene rings is 1. The highest BCUT2D eigenvalue weighted by Gasteiger charge is 2.14. The molecular weight excluding hydrogens is 320 g/mol. The maximum absolute atomic E-state index is 12.6. The normalized spacial score (nSPS) is 10.6. The third kappa shape index (κ3) is 3.86. The second-order valence-corrected chi connectivity index (χ2v) is 6.45. The molecule has 122 valence electrons. The van der Waals surface area contributed by atoms with Crippen molar-refractivity contribution in [3.05, 3.63) is 77.4 Å². The van der Waals surface area contributed by atoms with Gasteiger partial charge in [0.1, 0.15) is 16.5 Å². The summed E-state index contributed by atoms with van der Waals surface area (Å²) in [6.07, 6.45) is 1.70. The number of carbonyl (C=O) groups excluding carboxylic acids is 1. The van der Waals surface area contributed by atoms with Gasteiger partial charge in [0, 0.05) is 23.2 Å². The molecule has 5 heteroatoms. The van der Waals surface area contributed by atoms with Gasteiger partial charge < -0.3 is 9.73 Å². The predicted octanol–water partition coefficient (Wildman–Crippen LogP) is 4.37. The molecule has 1 N–H and O–H groups in total. The van der Waals surface area contributed by atoms with E-state index < -0.39 is 0 Å². The number of nitrogens with one attached hydrogen (secondary N) is 1. The van der Waals surface area contributed by atoms with Gasteiger partial charge >= 0.3 is 0 Å². The minimum Gasteiger partial charge on any atom is -0.466 e. The molecule has 4 nitrogen and oxygen atoms in total. The van der Waals surface area contributed by atoms with Gasteiger partial charge in [0.05, 0.1) is 5.56 Å². The Balaban J connectivity index is 1.74. The molecule has 0 aliphatic rings. The number of pyridine rings is 1. The Labute approximate surface area is 145 Å². The SMILES string of the molecule is Cc1cc(CNC(=O)c2cccnc2Sc2ccccc2)c(C)o1. The topological polar surface area (TPSA) is 55.1 Å². The van der Waals surface area contributed by atoms with Gasteiger partial charge in [-0.25, -0.2) is 4.98 Å². The molecule has 0 saturated heterocycles. The number of aromatic nitrogens is 1. The monoisotopic (exact) mass is 338 g/mol. The lowest BCUT2D eigenvalue weighted by Crippen LogP contribution is -2.23. The first-order valence-electron chi connectivity index (χ1n) is 7.65. The van der Waals surface area contributed by atoms with E-state index in [1.165, 1.54) is 11.8 Å². The van der Waals surface area contributed by atoms with Crippen LogP contribution in [-0.2, 0) is 6.54 Å². The summed E-state index contributed by atoms with van der Waals surface area (Å²) >= 11 is 1.48. The third-order valence-corrected chi connectivity index (χ3v) is 4.58. The standard InChI is InChI=1S/C19H18N2O2S/c1-13-11-15(14(2)23-13)12-21-18(22)17-9-6-10-20-19(17)24-16-7-4-3-5-8-16/h3-11H,12H2,1-2H3,(H,21,22). The number of carbonyl (C=O) groups is 1. The van der Waals surface area contributed by atoms with Crippen molar-refractivity contribution in [3.8, 4) is 0 Å². The van der Waals surface area contributed by atoms with Gasteiger partial charge in [-0.3, -0.25) is 4.79 Å². The molecule has 1 aromatic carbocycles. The average molecular weight is 338 g/mol. The van der Waals surface area contributed by atoms with Crippen LogP contribution < -0.4 is 5.32 Å². The third-order valence-electron chi connectivity index (χ3n) is 3.56. The molecule has 0 bridgehead atoms. The Morgan fingerprint density at radius 2 is 1.96 bits per heavy atom. The fraction of sp³-hybridized carbons (Fsp3) is 0.158. The Kier molecular flexibility index (Phi) is 5.01. The first kappa shape index (κ1) is 16.3. The second-order valence-electron chi connectivity index (χ2n) is 5.39. The van der Waals surface area contributed by atoms with Crippen LogP contribution in [0.4, 0.5) is 0 Å². The molecule has 2 aromatic heterocycles. The number of nitrogens with zero attached hydrogens (tertiary/aromatic N) is 1. The highest BCUT2D eigenvalue weighted by molar-refractivity contribution is 7.99. The predicted molar refractivity (Wildman–Crippen MR) is 94.2 cm³/mol. The summed E-state index contributed by atoms with van der Waals surface area (Å²) in [4.78, 5) is 18.0. The molecule has 3 rings (SSSR count). The largest absolute Gasteiger partial charge is 0.466 e. The van der Waals surface area contributed by atoms with Crippen LogP contribution in [0.2, 0.25) is 0 Å². The van der Waals surface area contributed by atoms with E-state index in [0.717, 1.165) is 22.0 Å². The number of amides is 1. The van der Waals surface area contributed by atoms with Gasteiger partial charge in [0.15, 0.2) is 0 Å². The Morgan fingerprint density at radius 1 is 1.17 bits per heavy atom. The fourth-order valence-corrected chi connectivity index (χ4v) is 3.28. The molecule has 3 aromatic rings. The maximum atomic E-state index is 12.6. The Hall–Kier alpha value is -2.53. The summed E-state index contributed by atoms with van der Waals surface area (Å²) in [7, 11) is 0. The van der Waals surface area contributed by atoms with E-state index in [0.29, 0.717) is 17.1 Å². The van der Waals surface area contributed by atoms with Crippen molar-refractivity contribution < 1.29 is 9.21 Å². The van der Waals surface area contributed by atoms with Crippen LogP contribution in [-0.4, -0.2) is 10.9 Å². The van der Waals surface area contributed by atoms with E-state index in [2.05, 4.69) is 10.3 Å². The van der Waals surface area contributed by atoms with Crippen LogP contribution in [0, 0.1) is 13.8 Å². The summed E-state index contributed by atoms with van der Waals surface area (Å²) in [6.45, 7) is 4.23. The average Bonchev–Trinajstić information content (AvgIpc) is 2.91. The minimum atomic E-state index is -0.139. The number of aryl methyl sites for hydroxylation is 2. The van der Waals surface area contributed by atoms with Gasteiger partial charge in [0.2, 0.25) is 0 Å². The van der Waals surface area contributed by atoms with Gasteiger partial charge in [-0.1, -0.05) is 30.0 Å². The van der Waals surface area contributed by atoms with Gasteiger partial charge in [-0.2, -0.15) is 0 Å². The zero-order valence-corrected chi connectivity index (χ0v) is 14.4. The molecule has 0 unspecified atom stereocenters. The molecule has 0 aliphatic carbocycles. The minimum absolute atomic E-state index is 0.139. The molecular formula is C19H18N2O2S. The molecule has 0 aliphatic heterocycles. The van der Waals surface area contributed by atoms with E-state index in [1.54, 1.807) is 18.3 Å². The second kappa shape index (κ2) is 7.36. The van der Waals surface area contributed by atoms with Crippen molar-refractivity contribution in [2.45, 2.75) is 30.3 Å². The lowest BCUT2D eigenvalue weighted by Gasteiger charge is -2.08. The van der Waals surface area contributed by atoms with Crippen molar-refractivity contribution in [1.82, 2.24) is 10.3 Å². The van der Waals surface area contributed by atoms with E-state index in [-0.39, 0.29) is 5.91 Å². The van der Waals surface area contributed by atoms with Gasteiger partial charge in [-0.15, -0.1) is 0 Å². The van der Waals surface area contributed by atoms with E-state index in [9.17, 15) is 4.79 Å². The summed E-state index contributed by atoms with van der Waals surface area (Å²) in [5.41, 5.74) is 1.56. The van der Waals surface area contributed by atoms with E-state index in [4.69, 9.17) is 4.42 Å². The Morgan fingerprint density at radius 3 is 2.67 bits per heavy atom. The molecule has 2 heterocycles. The number of hydrogen-bond donors (Lipinski definition) is 1. The summed E-state index contributed by atoms with van der Waals surface area (Å²) in [6, 6.07) is 15.4. The lowest BCUT2D eigenvalue weighted by atomic mass is 10.2. The van der Waals surface area contributed by atoms with Crippen LogP contribution in [0.1, 0.15) is 27.4 Å². The van der Waals surface area contributed by atoms with Gasteiger partial charge in [0.25, 0.3) is 5.91 Å². The van der Waals surface area contributed by atoms with Crippen LogP contribution >= 0.6 is 11.8 Å². The molecule has 0 fully saturated rings. The van der Waals surface area contributed by atoms with Crippen LogP contribution in [0.5, 0.6) is 0 Å². The summed E-state index contributed by atoms with van der Waals surface area (Å²) < 4.78 is 5.49. The van der Waals surface area contributed by atoms with Crippen LogP contribution in [0.3, 0.4) is 0 Å². The fourth-order valence-electron chi connectivity index (χ4n) is 2.37. The first-order chi connectivity index (χ1) is 11.6. The zero-order chi connectivity index (χ0) is 16.9. The summed E-state index contributed by atoms with van der Waals surface area (Å²) in [5.74, 6) is 1.54. The molecule has 24 heavy (non-hydrogen) atoms. The quantitative estimate of drug-likeness (QED) is 0.750. The Bertz CT molecular complexity index is 844. The van der Waals surface area contributed by atoms with Crippen LogP contribution in [0.25, 0.3) is 0 Å². The first-order valence-corrected chi connectivity index (χ1v) is 8.47. The molecule has 0 spiro atoms. The van der Waals surface area contributed by atoms with Crippen molar-refractivity contribution in [3.63, 3.8) is 0 Å². The van der Waals surface area contributed by atoms with E-state index in [1.807, 2.05) is 50.2 Å². The molecule has 0 atom stereocenters. The molecule has 0 radical (unpaired) electrons.